The number of nitrogens with zero attached hydrogens (tertiary/aromatic N) is 2. The van der Waals surface area contributed by atoms with Crippen LogP contribution in [0.5, 0.6) is 0 Å². The second-order valence-electron chi connectivity index (χ2n) is 9.91. The van der Waals surface area contributed by atoms with Gasteiger partial charge in [-0.25, -0.2) is 8.42 Å². The maximum absolute atomic E-state index is 13.0. The third-order valence-electron chi connectivity index (χ3n) is 7.03. The summed E-state index contributed by atoms with van der Waals surface area (Å²) in [6, 6.07) is 9.59. The topological polar surface area (TPSA) is 102 Å². The second-order valence-corrected chi connectivity index (χ2v) is 11.6. The first kappa shape index (κ1) is 28.1. The normalized spacial score (nSPS) is 19.3. The Labute approximate surface area is 221 Å². The molecule has 1 heterocycles. The van der Waals surface area contributed by atoms with Crippen LogP contribution in [0.1, 0.15) is 66.8 Å². The number of rotatable bonds is 8. The van der Waals surface area contributed by atoms with E-state index in [9.17, 15) is 31.6 Å². The molecule has 0 unspecified atom stereocenters. The van der Waals surface area contributed by atoms with Crippen molar-refractivity contribution in [1.82, 2.24) is 14.9 Å². The Morgan fingerprint density at radius 3 is 2.58 bits per heavy atom. The van der Waals surface area contributed by atoms with E-state index in [1.807, 2.05) is 10.8 Å². The van der Waals surface area contributed by atoms with Gasteiger partial charge >= 0.3 is 6.18 Å². The summed E-state index contributed by atoms with van der Waals surface area (Å²) in [5, 5.41) is 12.4. The van der Waals surface area contributed by atoms with Crippen LogP contribution in [0.2, 0.25) is 0 Å². The molecule has 2 aliphatic rings. The third-order valence-corrected chi connectivity index (χ3v) is 8.50. The summed E-state index contributed by atoms with van der Waals surface area (Å²) in [6.45, 7) is 3.11. The van der Waals surface area contributed by atoms with Crippen molar-refractivity contribution in [3.05, 3.63) is 64.7 Å². The van der Waals surface area contributed by atoms with E-state index in [0.29, 0.717) is 6.07 Å². The lowest BCUT2D eigenvalue weighted by Gasteiger charge is -2.29. The number of aryl methyl sites for hydroxylation is 1. The van der Waals surface area contributed by atoms with Gasteiger partial charge in [0.25, 0.3) is 0 Å². The van der Waals surface area contributed by atoms with Crippen LogP contribution in [0, 0.1) is 11.3 Å². The fourth-order valence-electron chi connectivity index (χ4n) is 5.14. The number of fused-ring (bicyclic) bond motifs is 1. The van der Waals surface area contributed by atoms with E-state index < -0.39 is 45.0 Å². The Bertz CT molecular complexity index is 1300. The number of likely N-dealkylation sites (tertiary alicyclic amines) is 1. The minimum atomic E-state index is -4.72. The van der Waals surface area contributed by atoms with Gasteiger partial charge in [0, 0.05) is 6.54 Å². The molecule has 1 aliphatic heterocycles. The minimum Gasteiger partial charge on any atom is -0.349 e. The van der Waals surface area contributed by atoms with E-state index in [4.69, 9.17) is 0 Å². The Morgan fingerprint density at radius 2 is 1.87 bits per heavy atom. The molecule has 7 nitrogen and oxygen atoms in total. The van der Waals surface area contributed by atoms with Gasteiger partial charge in [-0.3, -0.25) is 9.69 Å². The minimum absolute atomic E-state index is 0.255. The molecule has 2 aromatic rings. The van der Waals surface area contributed by atoms with E-state index in [1.54, 1.807) is 6.07 Å². The SMILES string of the molecule is N#C[C@@H](CC(=O)N[C@@H]1CCCc2cc(CN3CCCCC3)ccc21)NS(=O)(=O)c1cccc(C(F)(F)F)c1. The number of benzene rings is 2. The molecule has 4 rings (SSSR count). The van der Waals surface area contributed by atoms with Gasteiger partial charge in [-0.2, -0.15) is 23.2 Å². The molecule has 204 valence electrons. The van der Waals surface area contributed by atoms with Gasteiger partial charge in [0.1, 0.15) is 6.04 Å². The van der Waals surface area contributed by atoms with Gasteiger partial charge in [0.2, 0.25) is 15.9 Å². The van der Waals surface area contributed by atoms with Crippen molar-refractivity contribution >= 4 is 15.9 Å². The molecule has 2 atom stereocenters. The van der Waals surface area contributed by atoms with Crippen molar-refractivity contribution in [3.63, 3.8) is 0 Å². The van der Waals surface area contributed by atoms with Crippen molar-refractivity contribution in [2.24, 2.45) is 0 Å². The number of sulfonamides is 1. The maximum Gasteiger partial charge on any atom is 0.416 e. The summed E-state index contributed by atoms with van der Waals surface area (Å²) in [6.07, 6.45) is 1.05. The van der Waals surface area contributed by atoms with Gasteiger partial charge in [-0.15, -0.1) is 0 Å². The van der Waals surface area contributed by atoms with Crippen LogP contribution >= 0.6 is 0 Å². The molecule has 38 heavy (non-hydrogen) atoms. The van der Waals surface area contributed by atoms with Crippen molar-refractivity contribution in [1.29, 1.82) is 5.26 Å². The molecule has 0 bridgehead atoms. The first-order valence-corrected chi connectivity index (χ1v) is 14.3. The lowest BCUT2D eigenvalue weighted by atomic mass is 9.86. The van der Waals surface area contributed by atoms with Gasteiger partial charge < -0.3 is 5.32 Å². The highest BCUT2D eigenvalue weighted by Crippen LogP contribution is 2.32. The monoisotopic (exact) mass is 548 g/mol. The molecule has 0 radical (unpaired) electrons. The number of nitriles is 1. The van der Waals surface area contributed by atoms with Crippen LogP contribution in [0.4, 0.5) is 13.2 Å². The number of hydrogen-bond donors (Lipinski definition) is 2. The molecule has 1 amide bonds. The fraction of sp³-hybridized carbons (Fsp3) is 0.481. The number of nitrogens with one attached hydrogen (secondary N) is 2. The number of hydrogen-bond acceptors (Lipinski definition) is 5. The largest absolute Gasteiger partial charge is 0.416 e. The van der Waals surface area contributed by atoms with Gasteiger partial charge in [0.15, 0.2) is 0 Å². The first-order chi connectivity index (χ1) is 18.0. The lowest BCUT2D eigenvalue weighted by Crippen LogP contribution is -2.39. The number of amides is 1. The first-order valence-electron chi connectivity index (χ1n) is 12.8. The summed E-state index contributed by atoms with van der Waals surface area (Å²) < 4.78 is 66.3. The van der Waals surface area contributed by atoms with Crippen LogP contribution < -0.4 is 10.0 Å². The molecule has 1 saturated heterocycles. The molecule has 0 spiro atoms. The third kappa shape index (κ3) is 7.12. The number of carbonyl (C=O) groups is 1. The number of piperidine rings is 1. The van der Waals surface area contributed by atoms with Crippen LogP contribution in [-0.2, 0) is 34.0 Å². The molecule has 2 aromatic carbocycles. The van der Waals surface area contributed by atoms with Crippen molar-refractivity contribution in [2.75, 3.05) is 13.1 Å². The van der Waals surface area contributed by atoms with E-state index >= 15 is 0 Å². The van der Waals surface area contributed by atoms with Crippen LogP contribution in [-0.4, -0.2) is 38.4 Å². The summed E-state index contributed by atoms with van der Waals surface area (Å²) >= 11 is 0. The van der Waals surface area contributed by atoms with Gasteiger partial charge in [0.05, 0.1) is 29.0 Å². The number of halogens is 3. The standard InChI is InChI=1S/C27H31F3N4O3S/c28-27(29,30)21-7-5-8-23(15-21)38(36,37)33-22(17-31)16-26(35)32-25-9-4-6-20-14-19(10-11-24(20)25)18-34-12-2-1-3-13-34/h5,7-8,10-11,14-15,22,25,33H,1-4,6,9,12-13,16,18H2,(H,32,35)/t22-,25-/m1/s1. The zero-order valence-electron chi connectivity index (χ0n) is 20.9. The Balaban J connectivity index is 1.38. The summed E-state index contributed by atoms with van der Waals surface area (Å²) in [5.41, 5.74) is 2.32. The number of alkyl halides is 3. The Kier molecular flexibility index (Phi) is 8.75. The molecule has 2 N–H and O–H groups in total. The van der Waals surface area contributed by atoms with E-state index in [1.165, 1.54) is 30.4 Å². The van der Waals surface area contributed by atoms with Gasteiger partial charge in [-0.05, 0) is 80.1 Å². The molecular weight excluding hydrogens is 517 g/mol. The number of carbonyl (C=O) groups excluding carboxylic acids is 1. The van der Waals surface area contributed by atoms with Crippen molar-refractivity contribution in [2.45, 2.75) is 74.6 Å². The van der Waals surface area contributed by atoms with Crippen molar-refractivity contribution in [3.8, 4) is 6.07 Å². The summed E-state index contributed by atoms with van der Waals surface area (Å²) in [7, 11) is -4.46. The highest BCUT2D eigenvalue weighted by molar-refractivity contribution is 7.89. The Morgan fingerprint density at radius 1 is 1.11 bits per heavy atom. The molecule has 1 aliphatic carbocycles. The van der Waals surface area contributed by atoms with Crippen LogP contribution in [0.3, 0.4) is 0 Å². The predicted octanol–water partition coefficient (Wildman–Crippen LogP) is 4.45. The molecule has 0 saturated carbocycles. The molecule has 0 aromatic heterocycles. The molecular formula is C27H31F3N4O3S. The zero-order valence-corrected chi connectivity index (χ0v) is 21.7. The lowest BCUT2D eigenvalue weighted by molar-refractivity contribution is -0.137. The van der Waals surface area contributed by atoms with Gasteiger partial charge in [-0.1, -0.05) is 30.7 Å². The van der Waals surface area contributed by atoms with Crippen molar-refractivity contribution < 1.29 is 26.4 Å². The average molecular weight is 549 g/mol. The second kappa shape index (κ2) is 11.8. The highest BCUT2D eigenvalue weighted by atomic mass is 32.2. The van der Waals surface area contributed by atoms with Crippen LogP contribution in [0.15, 0.2) is 47.4 Å². The predicted molar refractivity (Wildman–Crippen MR) is 135 cm³/mol. The fourth-order valence-corrected chi connectivity index (χ4v) is 6.33. The van der Waals surface area contributed by atoms with E-state index in [-0.39, 0.29) is 6.04 Å². The smallest absolute Gasteiger partial charge is 0.349 e. The average Bonchev–Trinajstić information content (AvgIpc) is 2.88. The quantitative estimate of drug-likeness (QED) is 0.508. The summed E-state index contributed by atoms with van der Waals surface area (Å²) in [4.78, 5) is 14.6. The highest BCUT2D eigenvalue weighted by Gasteiger charge is 2.32. The Hall–Kier alpha value is -2.94. The maximum atomic E-state index is 13.0. The van der Waals surface area contributed by atoms with Crippen LogP contribution in [0.25, 0.3) is 0 Å². The molecule has 1 fully saturated rings. The van der Waals surface area contributed by atoms with E-state index in [0.717, 1.165) is 62.7 Å². The summed E-state index contributed by atoms with van der Waals surface area (Å²) in [5.74, 6) is -0.515. The zero-order chi connectivity index (χ0) is 27.3. The van der Waals surface area contributed by atoms with E-state index in [2.05, 4.69) is 22.3 Å². The molecule has 11 heteroatoms.